The third kappa shape index (κ3) is 6.66. The average molecular weight is 511 g/mol. The van der Waals surface area contributed by atoms with Gasteiger partial charge in [-0.15, -0.1) is 0 Å². The van der Waals surface area contributed by atoms with Crippen LogP contribution in [0.25, 0.3) is 0 Å². The second-order valence-corrected chi connectivity index (χ2v) is 13.1. The number of rotatable bonds is 12. The predicted molar refractivity (Wildman–Crippen MR) is 145 cm³/mol. The topological polar surface area (TPSA) is 37.3 Å². The van der Waals surface area contributed by atoms with Crippen molar-refractivity contribution in [2.45, 2.75) is 149 Å². The molecule has 6 atom stereocenters. The monoisotopic (exact) mass is 510 g/mol. The molecular weight excluding hydrogens is 454 g/mol. The fourth-order valence-electron chi connectivity index (χ4n) is 9.21. The van der Waals surface area contributed by atoms with E-state index in [1.54, 1.807) is 0 Å². The van der Waals surface area contributed by atoms with Gasteiger partial charge in [-0.1, -0.05) is 79.1 Å². The van der Waals surface area contributed by atoms with Crippen LogP contribution in [0.15, 0.2) is 0 Å². The van der Waals surface area contributed by atoms with Gasteiger partial charge >= 0.3 is 5.97 Å². The Morgan fingerprint density at radius 2 is 1.50 bits per heavy atom. The van der Waals surface area contributed by atoms with Gasteiger partial charge in [0.25, 0.3) is 0 Å². The minimum absolute atomic E-state index is 0.126. The van der Waals surface area contributed by atoms with Gasteiger partial charge < -0.3 is 5.11 Å². The van der Waals surface area contributed by atoms with Crippen LogP contribution < -0.4 is 0 Å². The number of carboxylic acid groups (broad SMARTS) is 1. The zero-order chi connectivity index (χ0) is 26.3. The summed E-state index contributed by atoms with van der Waals surface area (Å²) in [5.74, 6) is 1.46. The molecule has 0 aliphatic heterocycles. The summed E-state index contributed by atoms with van der Waals surface area (Å²) >= 11 is 0. The van der Waals surface area contributed by atoms with E-state index >= 15 is 8.78 Å². The standard InChI is InChI=1S/C32H56F2O2/c1-5-8-9-10-23-11-13-25(14-12-23)26-17-15-24(16-18-26)22(4)28(7-3)32(20-6-2)21-19-27(31(35)36)29(33)30(32)34/h22-30H,5-21H2,1-4H3,(H,35,36). The smallest absolute Gasteiger partial charge is 0.309 e. The van der Waals surface area contributed by atoms with Gasteiger partial charge in [-0.3, -0.25) is 4.79 Å². The second kappa shape index (κ2) is 13.9. The van der Waals surface area contributed by atoms with Crippen molar-refractivity contribution in [1.82, 2.24) is 0 Å². The van der Waals surface area contributed by atoms with Crippen molar-refractivity contribution < 1.29 is 18.7 Å². The van der Waals surface area contributed by atoms with Crippen LogP contribution in [0.3, 0.4) is 0 Å². The molecule has 210 valence electrons. The lowest BCUT2D eigenvalue weighted by atomic mass is 9.54. The van der Waals surface area contributed by atoms with Crippen LogP contribution >= 0.6 is 0 Å². The van der Waals surface area contributed by atoms with Gasteiger partial charge in [0.15, 0.2) is 0 Å². The Bertz CT molecular complexity index is 653. The minimum Gasteiger partial charge on any atom is -0.481 e. The van der Waals surface area contributed by atoms with Crippen molar-refractivity contribution in [2.24, 2.45) is 46.8 Å². The first kappa shape index (κ1) is 29.9. The molecule has 0 radical (unpaired) electrons. The summed E-state index contributed by atoms with van der Waals surface area (Å²) in [5, 5.41) is 9.42. The van der Waals surface area contributed by atoms with Crippen LogP contribution in [-0.2, 0) is 4.79 Å². The number of carboxylic acids is 1. The third-order valence-corrected chi connectivity index (χ3v) is 11.3. The minimum atomic E-state index is -1.88. The number of hydrogen-bond acceptors (Lipinski definition) is 1. The lowest BCUT2D eigenvalue weighted by molar-refractivity contribution is -0.156. The van der Waals surface area contributed by atoms with E-state index in [1.807, 2.05) is 0 Å². The summed E-state index contributed by atoms with van der Waals surface area (Å²) < 4.78 is 31.0. The van der Waals surface area contributed by atoms with Crippen LogP contribution in [0.5, 0.6) is 0 Å². The summed E-state index contributed by atoms with van der Waals surface area (Å²) in [7, 11) is 0. The molecule has 1 N–H and O–H groups in total. The van der Waals surface area contributed by atoms with Crippen molar-refractivity contribution in [3.63, 3.8) is 0 Å². The van der Waals surface area contributed by atoms with Crippen LogP contribution in [0.1, 0.15) is 137 Å². The van der Waals surface area contributed by atoms with Gasteiger partial charge in [0.2, 0.25) is 0 Å². The molecule has 3 aliphatic carbocycles. The number of alkyl halides is 2. The Labute approximate surface area is 220 Å². The molecular formula is C32H56F2O2. The van der Waals surface area contributed by atoms with E-state index in [0.717, 1.165) is 30.6 Å². The highest BCUT2D eigenvalue weighted by molar-refractivity contribution is 5.71. The molecule has 2 nitrogen and oxygen atoms in total. The van der Waals surface area contributed by atoms with E-state index < -0.39 is 29.6 Å². The predicted octanol–water partition coefficient (Wildman–Crippen LogP) is 9.80. The number of unbranched alkanes of at least 4 members (excludes halogenated alkanes) is 2. The average Bonchev–Trinajstić information content (AvgIpc) is 2.88. The van der Waals surface area contributed by atoms with Crippen LogP contribution in [-0.4, -0.2) is 23.4 Å². The van der Waals surface area contributed by atoms with Crippen LogP contribution in [0, 0.1) is 46.8 Å². The van der Waals surface area contributed by atoms with Gasteiger partial charge in [-0.25, -0.2) is 8.78 Å². The first-order valence-corrected chi connectivity index (χ1v) is 15.8. The highest BCUT2D eigenvalue weighted by Gasteiger charge is 2.56. The van der Waals surface area contributed by atoms with Crippen molar-refractivity contribution >= 4 is 5.97 Å². The molecule has 4 heteroatoms. The normalized spacial score (nSPS) is 39.4. The molecule has 3 rings (SSSR count). The van der Waals surface area contributed by atoms with Crippen molar-refractivity contribution in [2.75, 3.05) is 0 Å². The Morgan fingerprint density at radius 3 is 2.03 bits per heavy atom. The Kier molecular flexibility index (Phi) is 11.6. The van der Waals surface area contributed by atoms with Crippen LogP contribution in [0.2, 0.25) is 0 Å². The van der Waals surface area contributed by atoms with Crippen molar-refractivity contribution in [3.8, 4) is 0 Å². The van der Waals surface area contributed by atoms with Crippen molar-refractivity contribution in [1.29, 1.82) is 0 Å². The van der Waals surface area contributed by atoms with Gasteiger partial charge in [-0.2, -0.15) is 0 Å². The van der Waals surface area contributed by atoms with Crippen molar-refractivity contribution in [3.05, 3.63) is 0 Å². The number of carbonyl (C=O) groups is 1. The van der Waals surface area contributed by atoms with Crippen LogP contribution in [0.4, 0.5) is 8.78 Å². The molecule has 3 fully saturated rings. The maximum absolute atomic E-state index is 15.9. The van der Waals surface area contributed by atoms with E-state index in [9.17, 15) is 9.90 Å². The SMILES string of the molecule is CCCCCC1CCC(C2CCC(C(C)C(CC)C3(CCC)CCC(C(=O)O)C(F)C3F)CC2)CC1. The molecule has 0 amide bonds. The fourth-order valence-corrected chi connectivity index (χ4v) is 9.21. The molecule has 36 heavy (non-hydrogen) atoms. The highest BCUT2D eigenvalue weighted by Crippen LogP contribution is 2.56. The maximum atomic E-state index is 15.9. The highest BCUT2D eigenvalue weighted by atomic mass is 19.2. The van der Waals surface area contributed by atoms with E-state index in [1.165, 1.54) is 77.0 Å². The quantitative estimate of drug-likeness (QED) is 0.265. The summed E-state index contributed by atoms with van der Waals surface area (Å²) in [5.41, 5.74) is -0.707. The lowest BCUT2D eigenvalue weighted by Crippen LogP contribution is -2.54. The number of hydrogen-bond donors (Lipinski definition) is 1. The Balaban J connectivity index is 1.58. The number of halogens is 2. The molecule has 0 saturated heterocycles. The number of aliphatic carboxylic acids is 1. The molecule has 3 aliphatic rings. The largest absolute Gasteiger partial charge is 0.481 e. The molecule has 0 heterocycles. The molecule has 6 unspecified atom stereocenters. The van der Waals surface area contributed by atoms with Gasteiger partial charge in [0.05, 0.1) is 5.92 Å². The first-order valence-electron chi connectivity index (χ1n) is 15.8. The van der Waals surface area contributed by atoms with Gasteiger partial charge in [0.1, 0.15) is 12.3 Å². The van der Waals surface area contributed by atoms with E-state index in [-0.39, 0.29) is 12.3 Å². The summed E-state index contributed by atoms with van der Waals surface area (Å²) in [6.45, 7) is 8.80. The molecule has 0 spiro atoms. The van der Waals surface area contributed by atoms with Gasteiger partial charge in [0, 0.05) is 5.41 Å². The Hall–Kier alpha value is -0.670. The fraction of sp³-hybridized carbons (Fsp3) is 0.969. The zero-order valence-electron chi connectivity index (χ0n) is 23.8. The van der Waals surface area contributed by atoms with E-state index in [0.29, 0.717) is 24.7 Å². The third-order valence-electron chi connectivity index (χ3n) is 11.3. The van der Waals surface area contributed by atoms with E-state index in [4.69, 9.17) is 0 Å². The first-order chi connectivity index (χ1) is 17.3. The summed E-state index contributed by atoms with van der Waals surface area (Å²) in [6.07, 6.45) is 15.9. The molecule has 0 aromatic carbocycles. The van der Waals surface area contributed by atoms with Gasteiger partial charge in [-0.05, 0) is 93.3 Å². The molecule has 0 aromatic rings. The Morgan fingerprint density at radius 1 is 0.889 bits per heavy atom. The zero-order valence-corrected chi connectivity index (χ0v) is 23.8. The molecule has 0 aromatic heterocycles. The summed E-state index contributed by atoms with van der Waals surface area (Å²) in [6, 6.07) is 0. The van der Waals surface area contributed by atoms with E-state index in [2.05, 4.69) is 27.7 Å². The lowest BCUT2D eigenvalue weighted by Gasteiger charge is -2.52. The molecule has 0 bridgehead atoms. The summed E-state index contributed by atoms with van der Waals surface area (Å²) in [4.78, 5) is 11.5. The molecule has 3 saturated carbocycles. The maximum Gasteiger partial charge on any atom is 0.309 e. The second-order valence-electron chi connectivity index (χ2n) is 13.1.